The first-order valence-corrected chi connectivity index (χ1v) is 6.57. The summed E-state index contributed by atoms with van der Waals surface area (Å²) in [5.41, 5.74) is 0.751. The van der Waals surface area contributed by atoms with E-state index in [2.05, 4.69) is 15.3 Å². The molecular formula is C13H17BN4O2. The van der Waals surface area contributed by atoms with Crippen molar-refractivity contribution < 1.29 is 9.31 Å². The lowest BCUT2D eigenvalue weighted by Gasteiger charge is -2.32. The first-order chi connectivity index (χ1) is 9.39. The molecule has 1 saturated heterocycles. The summed E-state index contributed by atoms with van der Waals surface area (Å²) < 4.78 is 13.6. The fraction of sp³-hybridized carbons (Fsp3) is 0.462. The summed E-state index contributed by atoms with van der Waals surface area (Å²) >= 11 is 0. The standard InChI is InChI=1S/C13H17BN4O2/c1-12(2)13(3,4)20-14(19-12)11-9-18(17-16-11)10-6-5-7-15-8-10/h5-9H,1-4H3. The quantitative estimate of drug-likeness (QED) is 0.762. The molecule has 0 amide bonds. The Labute approximate surface area is 118 Å². The summed E-state index contributed by atoms with van der Waals surface area (Å²) in [5.74, 6) is 0. The molecule has 0 radical (unpaired) electrons. The van der Waals surface area contributed by atoms with E-state index >= 15 is 0 Å². The van der Waals surface area contributed by atoms with Gasteiger partial charge in [0, 0.05) is 6.20 Å². The van der Waals surface area contributed by atoms with Crippen LogP contribution in [-0.4, -0.2) is 38.3 Å². The number of rotatable bonds is 2. The largest absolute Gasteiger partial charge is 0.518 e. The second-order valence-corrected chi connectivity index (χ2v) is 5.89. The SMILES string of the molecule is CC1(C)OB(c2cn(-c3cccnc3)nn2)OC1(C)C. The fourth-order valence-electron chi connectivity index (χ4n) is 1.96. The lowest BCUT2D eigenvalue weighted by Crippen LogP contribution is -2.41. The van der Waals surface area contributed by atoms with Crippen LogP contribution in [0.15, 0.2) is 30.7 Å². The first-order valence-electron chi connectivity index (χ1n) is 6.57. The van der Waals surface area contributed by atoms with E-state index in [-0.39, 0.29) is 11.2 Å². The van der Waals surface area contributed by atoms with E-state index in [4.69, 9.17) is 9.31 Å². The van der Waals surface area contributed by atoms with Gasteiger partial charge in [-0.05, 0) is 39.8 Å². The predicted octanol–water partition coefficient (Wildman–Crippen LogP) is 0.961. The van der Waals surface area contributed by atoms with Crippen LogP contribution in [0.1, 0.15) is 27.7 Å². The van der Waals surface area contributed by atoms with Gasteiger partial charge in [0.05, 0.1) is 29.3 Å². The predicted molar refractivity (Wildman–Crippen MR) is 74.9 cm³/mol. The maximum Gasteiger partial charge on any atom is 0.518 e. The summed E-state index contributed by atoms with van der Waals surface area (Å²) in [5, 5.41) is 8.23. The van der Waals surface area contributed by atoms with Gasteiger partial charge in [0.1, 0.15) is 5.59 Å². The van der Waals surface area contributed by atoms with E-state index in [1.807, 2.05) is 39.8 Å². The Morgan fingerprint density at radius 1 is 1.15 bits per heavy atom. The molecule has 1 fully saturated rings. The Morgan fingerprint density at radius 3 is 2.45 bits per heavy atom. The summed E-state index contributed by atoms with van der Waals surface area (Å²) in [4.78, 5) is 4.06. The van der Waals surface area contributed by atoms with Gasteiger partial charge in [0.25, 0.3) is 0 Å². The second-order valence-electron chi connectivity index (χ2n) is 5.89. The highest BCUT2D eigenvalue weighted by Gasteiger charge is 2.52. The maximum absolute atomic E-state index is 5.95. The third kappa shape index (κ3) is 2.12. The van der Waals surface area contributed by atoms with Crippen molar-refractivity contribution in [2.75, 3.05) is 0 Å². The molecule has 0 aromatic carbocycles. The molecule has 0 aliphatic carbocycles. The molecule has 2 aromatic heterocycles. The van der Waals surface area contributed by atoms with Crippen LogP contribution in [0.2, 0.25) is 0 Å². The van der Waals surface area contributed by atoms with Crippen LogP contribution in [0.3, 0.4) is 0 Å². The van der Waals surface area contributed by atoms with Crippen molar-refractivity contribution >= 4 is 12.7 Å². The van der Waals surface area contributed by atoms with Crippen molar-refractivity contribution in [3.63, 3.8) is 0 Å². The number of hydrogen-bond acceptors (Lipinski definition) is 5. The van der Waals surface area contributed by atoms with Crippen molar-refractivity contribution in [2.24, 2.45) is 0 Å². The molecule has 0 atom stereocenters. The van der Waals surface area contributed by atoms with Crippen molar-refractivity contribution in [1.29, 1.82) is 0 Å². The summed E-state index contributed by atoms with van der Waals surface area (Å²) in [6, 6.07) is 3.77. The minimum Gasteiger partial charge on any atom is -0.398 e. The lowest BCUT2D eigenvalue weighted by molar-refractivity contribution is 0.00578. The van der Waals surface area contributed by atoms with Crippen LogP contribution in [0.25, 0.3) is 5.69 Å². The topological polar surface area (TPSA) is 62.1 Å². The van der Waals surface area contributed by atoms with Gasteiger partial charge in [0.15, 0.2) is 0 Å². The minimum atomic E-state index is -0.495. The summed E-state index contributed by atoms with van der Waals surface area (Å²) in [7, 11) is -0.495. The average Bonchev–Trinajstić information content (AvgIpc) is 2.94. The number of pyridine rings is 1. The van der Waals surface area contributed by atoms with Gasteiger partial charge >= 0.3 is 7.12 Å². The number of aromatic nitrogens is 4. The van der Waals surface area contributed by atoms with Gasteiger partial charge in [-0.2, -0.15) is 0 Å². The van der Waals surface area contributed by atoms with E-state index in [1.165, 1.54) is 0 Å². The van der Waals surface area contributed by atoms with Gasteiger partial charge in [-0.25, -0.2) is 4.68 Å². The number of hydrogen-bond donors (Lipinski definition) is 0. The van der Waals surface area contributed by atoms with Gasteiger partial charge < -0.3 is 9.31 Å². The zero-order chi connectivity index (χ0) is 14.4. The maximum atomic E-state index is 5.95. The smallest absolute Gasteiger partial charge is 0.398 e. The zero-order valence-corrected chi connectivity index (χ0v) is 12.1. The molecule has 0 N–H and O–H groups in total. The molecule has 0 saturated carbocycles. The molecular weight excluding hydrogens is 255 g/mol. The van der Waals surface area contributed by atoms with Crippen molar-refractivity contribution in [2.45, 2.75) is 38.9 Å². The molecule has 20 heavy (non-hydrogen) atoms. The van der Waals surface area contributed by atoms with E-state index in [9.17, 15) is 0 Å². The van der Waals surface area contributed by atoms with E-state index in [1.54, 1.807) is 23.3 Å². The highest BCUT2D eigenvalue weighted by atomic mass is 16.7. The molecule has 0 spiro atoms. The Kier molecular flexibility index (Phi) is 2.91. The molecule has 1 aliphatic rings. The molecule has 6 nitrogen and oxygen atoms in total. The van der Waals surface area contributed by atoms with E-state index in [0.29, 0.717) is 5.59 Å². The average molecular weight is 272 g/mol. The highest BCUT2D eigenvalue weighted by Crippen LogP contribution is 2.36. The Balaban J connectivity index is 1.86. The van der Waals surface area contributed by atoms with Crippen molar-refractivity contribution in [3.05, 3.63) is 30.7 Å². The summed E-state index contributed by atoms with van der Waals surface area (Å²) in [6.45, 7) is 8.05. The lowest BCUT2D eigenvalue weighted by atomic mass is 9.86. The summed E-state index contributed by atoms with van der Waals surface area (Å²) in [6.07, 6.45) is 5.25. The minimum absolute atomic E-state index is 0.379. The fourth-order valence-corrected chi connectivity index (χ4v) is 1.96. The van der Waals surface area contributed by atoms with Crippen LogP contribution in [0, 0.1) is 0 Å². The van der Waals surface area contributed by atoms with Gasteiger partial charge in [-0.3, -0.25) is 4.98 Å². The van der Waals surface area contributed by atoms with Crippen LogP contribution in [-0.2, 0) is 9.31 Å². The van der Waals surface area contributed by atoms with Gasteiger partial charge in [-0.1, -0.05) is 5.21 Å². The van der Waals surface area contributed by atoms with Crippen molar-refractivity contribution in [3.8, 4) is 5.69 Å². The third-order valence-corrected chi connectivity index (χ3v) is 3.92. The molecule has 2 aromatic rings. The Hall–Kier alpha value is -1.73. The van der Waals surface area contributed by atoms with Gasteiger partial charge in [-0.15, -0.1) is 5.10 Å². The first kappa shape index (κ1) is 13.3. The Bertz CT molecular complexity index is 596. The van der Waals surface area contributed by atoms with Crippen LogP contribution in [0.5, 0.6) is 0 Å². The monoisotopic (exact) mass is 272 g/mol. The zero-order valence-electron chi connectivity index (χ0n) is 12.1. The van der Waals surface area contributed by atoms with Gasteiger partial charge in [0.2, 0.25) is 0 Å². The normalized spacial score (nSPS) is 20.3. The molecule has 0 bridgehead atoms. The van der Waals surface area contributed by atoms with E-state index < -0.39 is 7.12 Å². The van der Waals surface area contributed by atoms with Crippen LogP contribution >= 0.6 is 0 Å². The third-order valence-electron chi connectivity index (χ3n) is 3.92. The molecule has 3 heterocycles. The molecule has 1 aliphatic heterocycles. The van der Waals surface area contributed by atoms with E-state index in [0.717, 1.165) is 5.69 Å². The van der Waals surface area contributed by atoms with Crippen LogP contribution < -0.4 is 5.59 Å². The van der Waals surface area contributed by atoms with Crippen molar-refractivity contribution in [1.82, 2.24) is 20.0 Å². The molecule has 104 valence electrons. The van der Waals surface area contributed by atoms with Crippen LogP contribution in [0.4, 0.5) is 0 Å². The number of nitrogens with zero attached hydrogens (tertiary/aromatic N) is 4. The molecule has 7 heteroatoms. The Morgan fingerprint density at radius 2 is 1.85 bits per heavy atom. The molecule has 0 unspecified atom stereocenters. The molecule has 3 rings (SSSR count). The highest BCUT2D eigenvalue weighted by molar-refractivity contribution is 6.61. The second kappa shape index (κ2) is 4.39.